The zero-order valence-electron chi connectivity index (χ0n) is 12.7. The van der Waals surface area contributed by atoms with E-state index in [-0.39, 0.29) is 0 Å². The lowest BCUT2D eigenvalue weighted by atomic mass is 10.0. The molecule has 1 aromatic carbocycles. The third kappa shape index (κ3) is 4.73. The molecule has 1 fully saturated rings. The molecule has 1 heterocycles. The molecule has 0 amide bonds. The Labute approximate surface area is 125 Å². The molecule has 5 heteroatoms. The van der Waals surface area contributed by atoms with Crippen molar-refractivity contribution in [2.24, 2.45) is 0 Å². The Morgan fingerprint density at radius 3 is 2.62 bits per heavy atom. The number of halogens is 2. The molecule has 2 atom stereocenters. The van der Waals surface area contributed by atoms with Crippen LogP contribution in [0.3, 0.4) is 0 Å². The number of likely N-dealkylation sites (tertiary alicyclic amines) is 1. The van der Waals surface area contributed by atoms with E-state index in [2.05, 4.69) is 16.8 Å². The van der Waals surface area contributed by atoms with Crippen LogP contribution in [0.1, 0.15) is 30.9 Å². The maximum absolute atomic E-state index is 13.2. The van der Waals surface area contributed by atoms with Gasteiger partial charge in [-0.3, -0.25) is 0 Å². The normalized spacial score (nSPS) is 21.7. The molecule has 0 saturated carbocycles. The number of aliphatic hydroxyl groups is 1. The minimum atomic E-state index is -0.834. The maximum atomic E-state index is 13.2. The molecule has 1 N–H and O–H groups in total. The number of hydrogen-bond acceptors (Lipinski definition) is 3. The van der Waals surface area contributed by atoms with E-state index in [9.17, 15) is 13.9 Å². The summed E-state index contributed by atoms with van der Waals surface area (Å²) in [5, 5.41) is 10.1. The standard InChI is InChI=1S/C16H24F2N2O/c1-19-6-3-4-15(11-19)20(2)7-5-16(21)12-8-13(17)10-14(18)9-12/h8-10,15-16,21H,3-7,11H2,1-2H3. The molecule has 3 nitrogen and oxygen atoms in total. The highest BCUT2D eigenvalue weighted by atomic mass is 19.1. The molecule has 0 radical (unpaired) electrons. The first-order valence-electron chi connectivity index (χ1n) is 7.48. The monoisotopic (exact) mass is 298 g/mol. The van der Waals surface area contributed by atoms with Gasteiger partial charge in [0.25, 0.3) is 0 Å². The summed E-state index contributed by atoms with van der Waals surface area (Å²) in [6, 6.07) is 3.70. The summed E-state index contributed by atoms with van der Waals surface area (Å²) in [5.41, 5.74) is 0.307. The van der Waals surface area contributed by atoms with Crippen LogP contribution >= 0.6 is 0 Å². The van der Waals surface area contributed by atoms with Crippen LogP contribution in [0, 0.1) is 11.6 Å². The van der Waals surface area contributed by atoms with Crippen molar-refractivity contribution < 1.29 is 13.9 Å². The highest BCUT2D eigenvalue weighted by molar-refractivity contribution is 5.20. The minimum Gasteiger partial charge on any atom is -0.388 e. The predicted molar refractivity (Wildman–Crippen MR) is 79.1 cm³/mol. The van der Waals surface area contributed by atoms with Gasteiger partial charge in [0.05, 0.1) is 6.10 Å². The van der Waals surface area contributed by atoms with Crippen molar-refractivity contribution in [1.82, 2.24) is 9.80 Å². The Balaban J connectivity index is 1.86. The summed E-state index contributed by atoms with van der Waals surface area (Å²) >= 11 is 0. The van der Waals surface area contributed by atoms with Crippen molar-refractivity contribution in [1.29, 1.82) is 0 Å². The van der Waals surface area contributed by atoms with Crippen molar-refractivity contribution in [2.45, 2.75) is 31.4 Å². The first kappa shape index (κ1) is 16.3. The fraction of sp³-hybridized carbons (Fsp3) is 0.625. The smallest absolute Gasteiger partial charge is 0.126 e. The molecule has 0 aromatic heterocycles. The van der Waals surface area contributed by atoms with Crippen LogP contribution in [0.4, 0.5) is 8.78 Å². The Kier molecular flexibility index (Phi) is 5.67. The summed E-state index contributed by atoms with van der Waals surface area (Å²) in [6.07, 6.45) is 1.98. The zero-order valence-corrected chi connectivity index (χ0v) is 12.7. The fourth-order valence-electron chi connectivity index (χ4n) is 2.94. The topological polar surface area (TPSA) is 26.7 Å². The largest absolute Gasteiger partial charge is 0.388 e. The van der Waals surface area contributed by atoms with E-state index >= 15 is 0 Å². The second-order valence-corrected chi connectivity index (χ2v) is 6.05. The van der Waals surface area contributed by atoms with Crippen molar-refractivity contribution in [3.05, 3.63) is 35.4 Å². The molecule has 21 heavy (non-hydrogen) atoms. The van der Waals surface area contributed by atoms with Gasteiger partial charge in [0.15, 0.2) is 0 Å². The fourth-order valence-corrected chi connectivity index (χ4v) is 2.94. The van der Waals surface area contributed by atoms with Crippen LogP contribution < -0.4 is 0 Å². The number of rotatable bonds is 5. The van der Waals surface area contributed by atoms with Gasteiger partial charge in [-0.05, 0) is 57.6 Å². The maximum Gasteiger partial charge on any atom is 0.126 e. The second kappa shape index (κ2) is 7.29. The van der Waals surface area contributed by atoms with Crippen molar-refractivity contribution >= 4 is 0 Å². The molecule has 1 saturated heterocycles. The molecule has 1 aliphatic rings. The number of nitrogens with zero attached hydrogens (tertiary/aromatic N) is 2. The lowest BCUT2D eigenvalue weighted by Crippen LogP contribution is -2.45. The lowest BCUT2D eigenvalue weighted by molar-refractivity contribution is 0.104. The molecule has 118 valence electrons. The number of hydrogen-bond donors (Lipinski definition) is 1. The minimum absolute atomic E-state index is 0.307. The van der Waals surface area contributed by atoms with E-state index in [0.29, 0.717) is 24.6 Å². The number of likely N-dealkylation sites (N-methyl/N-ethyl adjacent to an activating group) is 2. The molecule has 0 bridgehead atoms. The summed E-state index contributed by atoms with van der Waals surface area (Å²) < 4.78 is 26.3. The summed E-state index contributed by atoms with van der Waals surface area (Å²) in [4.78, 5) is 4.54. The first-order chi connectivity index (χ1) is 9.95. The van der Waals surface area contributed by atoms with E-state index in [1.54, 1.807) is 0 Å². The van der Waals surface area contributed by atoms with Gasteiger partial charge < -0.3 is 14.9 Å². The third-order valence-electron chi connectivity index (χ3n) is 4.25. The van der Waals surface area contributed by atoms with Gasteiger partial charge >= 0.3 is 0 Å². The first-order valence-corrected chi connectivity index (χ1v) is 7.48. The Hall–Kier alpha value is -1.04. The molecule has 1 aliphatic heterocycles. The summed E-state index contributed by atoms with van der Waals surface area (Å²) in [5.74, 6) is -1.29. The van der Waals surface area contributed by atoms with E-state index in [0.717, 1.165) is 25.6 Å². The quantitative estimate of drug-likeness (QED) is 0.904. The van der Waals surface area contributed by atoms with Gasteiger partial charge in [-0.1, -0.05) is 0 Å². The van der Waals surface area contributed by atoms with E-state index in [1.165, 1.54) is 18.6 Å². The summed E-state index contributed by atoms with van der Waals surface area (Å²) in [7, 11) is 4.16. The van der Waals surface area contributed by atoms with Crippen LogP contribution in [-0.4, -0.2) is 54.7 Å². The van der Waals surface area contributed by atoms with Gasteiger partial charge in [0, 0.05) is 25.2 Å². The highest BCUT2D eigenvalue weighted by Crippen LogP contribution is 2.21. The molecule has 0 aliphatic carbocycles. The van der Waals surface area contributed by atoms with Crippen molar-refractivity contribution in [3.63, 3.8) is 0 Å². The lowest BCUT2D eigenvalue weighted by Gasteiger charge is -2.36. The second-order valence-electron chi connectivity index (χ2n) is 6.05. The Bertz CT molecular complexity index is 449. The van der Waals surface area contributed by atoms with Gasteiger partial charge in [0.2, 0.25) is 0 Å². The molecule has 1 aromatic rings. The van der Waals surface area contributed by atoms with Crippen LogP contribution in [0.2, 0.25) is 0 Å². The van der Waals surface area contributed by atoms with Crippen molar-refractivity contribution in [3.8, 4) is 0 Å². The summed E-state index contributed by atoms with van der Waals surface area (Å²) in [6.45, 7) is 2.87. The predicted octanol–water partition coefficient (Wildman–Crippen LogP) is 2.41. The van der Waals surface area contributed by atoms with Gasteiger partial charge in [-0.25, -0.2) is 8.78 Å². The molecule has 2 rings (SSSR count). The zero-order chi connectivity index (χ0) is 15.4. The molecule has 2 unspecified atom stereocenters. The van der Waals surface area contributed by atoms with Crippen molar-refractivity contribution in [2.75, 3.05) is 33.7 Å². The molecular formula is C16H24F2N2O. The SMILES string of the molecule is CN1CCCC(N(C)CCC(O)c2cc(F)cc(F)c2)C1. The van der Waals surface area contributed by atoms with E-state index < -0.39 is 17.7 Å². The Morgan fingerprint density at radius 2 is 2.00 bits per heavy atom. The van der Waals surface area contributed by atoms with E-state index in [4.69, 9.17) is 0 Å². The van der Waals surface area contributed by atoms with E-state index in [1.807, 2.05) is 7.05 Å². The molecule has 0 spiro atoms. The van der Waals surface area contributed by atoms with Crippen LogP contribution in [0.15, 0.2) is 18.2 Å². The highest BCUT2D eigenvalue weighted by Gasteiger charge is 2.21. The molecular weight excluding hydrogens is 274 g/mol. The van der Waals surface area contributed by atoms with Crippen LogP contribution in [-0.2, 0) is 0 Å². The third-order valence-corrected chi connectivity index (χ3v) is 4.25. The average Bonchev–Trinajstić information content (AvgIpc) is 2.43. The van der Waals surface area contributed by atoms with Gasteiger partial charge in [-0.2, -0.15) is 0 Å². The van der Waals surface area contributed by atoms with Gasteiger partial charge in [0.1, 0.15) is 11.6 Å². The average molecular weight is 298 g/mol. The number of benzene rings is 1. The van der Waals surface area contributed by atoms with Crippen LogP contribution in [0.25, 0.3) is 0 Å². The van der Waals surface area contributed by atoms with Gasteiger partial charge in [-0.15, -0.1) is 0 Å². The number of piperidine rings is 1. The van der Waals surface area contributed by atoms with Crippen LogP contribution in [0.5, 0.6) is 0 Å². The number of aliphatic hydroxyl groups excluding tert-OH is 1. The Morgan fingerprint density at radius 1 is 1.33 bits per heavy atom.